The molecule has 0 aliphatic carbocycles. The molecule has 2 aromatic rings. The minimum Gasteiger partial charge on any atom is -0.321 e. The third-order valence-corrected chi connectivity index (χ3v) is 3.77. The van der Waals surface area contributed by atoms with Crippen LogP contribution >= 0.6 is 0 Å². The zero-order valence-electron chi connectivity index (χ0n) is 14.5. The largest absolute Gasteiger partial charge is 0.321 e. The standard InChI is InChI=1S/C19H24N2O.Y/c1-15-9-8-10-16(2)19(15)20-18(22)14-21(3,4)13-17-11-6-5-7-12-17;/h5-12H,13-14H2,1-4H3;/p+1. The fraction of sp³-hybridized carbons (Fsp3) is 0.316. The fourth-order valence-corrected chi connectivity index (χ4v) is 2.71. The van der Waals surface area contributed by atoms with Gasteiger partial charge in [-0.05, 0) is 25.0 Å². The van der Waals surface area contributed by atoms with E-state index in [-0.39, 0.29) is 38.6 Å². The molecule has 1 radical (unpaired) electrons. The van der Waals surface area contributed by atoms with Gasteiger partial charge in [0.1, 0.15) is 6.54 Å². The van der Waals surface area contributed by atoms with Crippen molar-refractivity contribution in [1.82, 2.24) is 0 Å². The average Bonchev–Trinajstić information content (AvgIpc) is 2.43. The number of amides is 1. The third-order valence-electron chi connectivity index (χ3n) is 3.77. The molecule has 0 aromatic heterocycles. The van der Waals surface area contributed by atoms with E-state index < -0.39 is 0 Å². The second-order valence-electron chi connectivity index (χ2n) is 6.55. The molecule has 2 rings (SSSR count). The Bertz CT molecular complexity index is 633. The number of para-hydroxylation sites is 1. The molecule has 0 heterocycles. The summed E-state index contributed by atoms with van der Waals surface area (Å²) in [5.74, 6) is 0.0540. The molecule has 0 aliphatic heterocycles. The van der Waals surface area contributed by atoms with E-state index in [0.717, 1.165) is 23.4 Å². The predicted octanol–water partition coefficient (Wildman–Crippen LogP) is 3.52. The summed E-state index contributed by atoms with van der Waals surface area (Å²) >= 11 is 0. The van der Waals surface area contributed by atoms with E-state index in [1.807, 2.05) is 50.2 Å². The Balaban J connectivity index is 0.00000264. The molecule has 1 amide bonds. The summed E-state index contributed by atoms with van der Waals surface area (Å²) in [7, 11) is 4.16. The first kappa shape index (κ1) is 20.0. The van der Waals surface area contributed by atoms with Crippen LogP contribution in [-0.4, -0.2) is 31.0 Å². The SMILES string of the molecule is Cc1cccc(C)c1NC(=O)C[N+](C)(C)Cc1ccccc1.[Y]. The van der Waals surface area contributed by atoms with Crippen molar-refractivity contribution in [2.24, 2.45) is 0 Å². The van der Waals surface area contributed by atoms with Gasteiger partial charge in [-0.1, -0.05) is 48.5 Å². The quantitative estimate of drug-likeness (QED) is 0.783. The first-order valence-corrected chi connectivity index (χ1v) is 7.59. The zero-order valence-corrected chi connectivity index (χ0v) is 17.3. The summed E-state index contributed by atoms with van der Waals surface area (Å²) < 4.78 is 0.626. The van der Waals surface area contributed by atoms with Gasteiger partial charge in [0.2, 0.25) is 0 Å². The van der Waals surface area contributed by atoms with Gasteiger partial charge in [0.25, 0.3) is 5.91 Å². The molecule has 0 aliphatic rings. The molecule has 0 spiro atoms. The number of hydrogen-bond acceptors (Lipinski definition) is 1. The molecule has 0 saturated carbocycles. The number of likely N-dealkylation sites (N-methyl/N-ethyl adjacent to an activating group) is 1. The van der Waals surface area contributed by atoms with Gasteiger partial charge in [0.15, 0.2) is 6.54 Å². The van der Waals surface area contributed by atoms with Crippen LogP contribution < -0.4 is 5.32 Å². The molecule has 23 heavy (non-hydrogen) atoms. The molecule has 1 N–H and O–H groups in total. The van der Waals surface area contributed by atoms with Crippen LogP contribution in [0.1, 0.15) is 16.7 Å². The minimum absolute atomic E-state index is 0. The van der Waals surface area contributed by atoms with Crippen LogP contribution in [-0.2, 0) is 44.0 Å². The van der Waals surface area contributed by atoms with E-state index in [2.05, 4.69) is 31.5 Å². The number of carbonyl (C=O) groups excluding carboxylic acids is 1. The number of carbonyl (C=O) groups is 1. The van der Waals surface area contributed by atoms with Crippen molar-refractivity contribution in [2.75, 3.05) is 26.0 Å². The van der Waals surface area contributed by atoms with E-state index in [1.54, 1.807) is 0 Å². The Morgan fingerprint density at radius 3 is 2.09 bits per heavy atom. The molecule has 0 saturated heterocycles. The summed E-state index contributed by atoms with van der Waals surface area (Å²) in [5, 5.41) is 3.07. The fourth-order valence-electron chi connectivity index (χ4n) is 2.71. The van der Waals surface area contributed by atoms with Gasteiger partial charge in [-0.25, -0.2) is 0 Å². The molecule has 0 fully saturated rings. The maximum absolute atomic E-state index is 12.4. The van der Waals surface area contributed by atoms with Crippen molar-refractivity contribution in [3.8, 4) is 0 Å². The maximum atomic E-state index is 12.4. The molecule has 2 aromatic carbocycles. The molecule has 0 atom stereocenters. The van der Waals surface area contributed by atoms with Crippen molar-refractivity contribution in [2.45, 2.75) is 20.4 Å². The van der Waals surface area contributed by atoms with Crippen LogP contribution in [0.2, 0.25) is 0 Å². The summed E-state index contributed by atoms with van der Waals surface area (Å²) in [6, 6.07) is 16.3. The number of hydrogen-bond donors (Lipinski definition) is 1. The second kappa shape index (κ2) is 8.72. The van der Waals surface area contributed by atoms with E-state index in [0.29, 0.717) is 11.0 Å². The van der Waals surface area contributed by atoms with Crippen LogP contribution in [0.3, 0.4) is 0 Å². The number of benzene rings is 2. The van der Waals surface area contributed by atoms with E-state index in [9.17, 15) is 4.79 Å². The van der Waals surface area contributed by atoms with Gasteiger partial charge in [-0.2, -0.15) is 0 Å². The van der Waals surface area contributed by atoms with E-state index >= 15 is 0 Å². The Labute approximate surface area is 164 Å². The van der Waals surface area contributed by atoms with Gasteiger partial charge in [-0.15, -0.1) is 0 Å². The van der Waals surface area contributed by atoms with Crippen LogP contribution in [0.15, 0.2) is 48.5 Å². The van der Waals surface area contributed by atoms with Gasteiger partial charge >= 0.3 is 0 Å². The number of anilines is 1. The third kappa shape index (κ3) is 6.17. The van der Waals surface area contributed by atoms with Crippen molar-refractivity contribution in [3.05, 3.63) is 65.2 Å². The number of quaternary nitrogens is 1. The first-order chi connectivity index (χ1) is 10.4. The van der Waals surface area contributed by atoms with Crippen LogP contribution in [0.25, 0.3) is 0 Å². The predicted molar refractivity (Wildman–Crippen MR) is 91.7 cm³/mol. The molecule has 0 unspecified atom stereocenters. The molecule has 119 valence electrons. The van der Waals surface area contributed by atoms with Gasteiger partial charge in [-0.3, -0.25) is 4.79 Å². The molecule has 4 heteroatoms. The second-order valence-corrected chi connectivity index (χ2v) is 6.55. The van der Waals surface area contributed by atoms with E-state index in [4.69, 9.17) is 0 Å². The number of nitrogens with zero attached hydrogens (tertiary/aromatic N) is 1. The summed E-state index contributed by atoms with van der Waals surface area (Å²) in [6.07, 6.45) is 0. The number of rotatable bonds is 5. The molecule has 3 nitrogen and oxygen atoms in total. The monoisotopic (exact) mass is 386 g/mol. The normalized spacial score (nSPS) is 10.8. The Hall–Kier alpha value is -1.03. The summed E-state index contributed by atoms with van der Waals surface area (Å²) in [4.78, 5) is 12.4. The van der Waals surface area contributed by atoms with Crippen LogP contribution in [0, 0.1) is 13.8 Å². The number of aryl methyl sites for hydroxylation is 2. The maximum Gasteiger partial charge on any atom is 0.279 e. The van der Waals surface area contributed by atoms with Gasteiger partial charge < -0.3 is 9.80 Å². The topological polar surface area (TPSA) is 29.1 Å². The van der Waals surface area contributed by atoms with Gasteiger partial charge in [0.05, 0.1) is 14.1 Å². The van der Waals surface area contributed by atoms with Crippen LogP contribution in [0.5, 0.6) is 0 Å². The zero-order chi connectivity index (χ0) is 16.2. The van der Waals surface area contributed by atoms with E-state index in [1.165, 1.54) is 5.56 Å². The van der Waals surface area contributed by atoms with Crippen molar-refractivity contribution in [3.63, 3.8) is 0 Å². The van der Waals surface area contributed by atoms with Crippen molar-refractivity contribution < 1.29 is 42.0 Å². The van der Waals surface area contributed by atoms with Gasteiger partial charge in [0, 0.05) is 44.0 Å². The Morgan fingerprint density at radius 2 is 1.52 bits per heavy atom. The average molecular weight is 386 g/mol. The molecule has 0 bridgehead atoms. The molecular weight excluding hydrogens is 361 g/mol. The summed E-state index contributed by atoms with van der Waals surface area (Å²) in [6.45, 7) is 5.32. The Kier molecular flexibility index (Phi) is 7.59. The van der Waals surface area contributed by atoms with Crippen molar-refractivity contribution >= 4 is 11.6 Å². The first-order valence-electron chi connectivity index (χ1n) is 7.59. The minimum atomic E-state index is 0. The van der Waals surface area contributed by atoms with Crippen LogP contribution in [0.4, 0.5) is 5.69 Å². The Morgan fingerprint density at radius 1 is 0.957 bits per heavy atom. The smallest absolute Gasteiger partial charge is 0.279 e. The summed E-state index contributed by atoms with van der Waals surface area (Å²) in [5.41, 5.74) is 4.38. The van der Waals surface area contributed by atoms with Crippen molar-refractivity contribution in [1.29, 1.82) is 0 Å². The number of nitrogens with one attached hydrogen (secondary N) is 1. The molecular formula is C19H25N2OY+.